The molecule has 0 spiro atoms. The normalized spacial score (nSPS) is 8.40. The Morgan fingerprint density at radius 2 is 2.40 bits per heavy atom. The van der Waals surface area contributed by atoms with Crippen LogP contribution in [0.5, 0.6) is 0 Å². The van der Waals surface area contributed by atoms with Crippen LogP contribution in [0.3, 0.4) is 0 Å². The van der Waals surface area contributed by atoms with Crippen molar-refractivity contribution in [2.75, 3.05) is 6.61 Å². The Labute approximate surface area is 48.2 Å². The third-order valence-electron chi connectivity index (χ3n) is 0.295. The average molecular weight is 268 g/mol. The van der Waals surface area contributed by atoms with E-state index in [1.54, 1.807) is 0 Å². The fourth-order valence-corrected chi connectivity index (χ4v) is 0.801. The first-order valence-corrected chi connectivity index (χ1v) is 3.10. The van der Waals surface area contributed by atoms with Gasteiger partial charge < -0.3 is 0 Å². The van der Waals surface area contributed by atoms with E-state index in [1.807, 2.05) is 0 Å². The molecule has 0 aliphatic rings. The molecule has 0 unspecified atom stereocenters. The standard InChI is InChI=1S/C3H7O.Bi/c1-2-3-4;/h2-3H2,1H3;/q-1;+1. The zero-order valence-electron chi connectivity index (χ0n) is 3.27. The second-order valence-electron chi connectivity index (χ2n) is 0.833. The quantitative estimate of drug-likeness (QED) is 0.663. The second kappa shape index (κ2) is 4.84. The summed E-state index contributed by atoms with van der Waals surface area (Å²) in [5.74, 6) is 0. The van der Waals surface area contributed by atoms with Crippen molar-refractivity contribution in [3.05, 3.63) is 0 Å². The zero-order chi connectivity index (χ0) is 4.12. The van der Waals surface area contributed by atoms with E-state index in [9.17, 15) is 0 Å². The van der Waals surface area contributed by atoms with Crippen LogP contribution in [0.4, 0.5) is 0 Å². The van der Waals surface area contributed by atoms with Crippen molar-refractivity contribution in [3.8, 4) is 0 Å². The molecule has 0 aromatic carbocycles. The summed E-state index contributed by atoms with van der Waals surface area (Å²) in [4.78, 5) is 0. The van der Waals surface area contributed by atoms with E-state index in [-0.39, 0.29) is 0 Å². The Morgan fingerprint density at radius 1 is 1.80 bits per heavy atom. The molecule has 0 aliphatic heterocycles. The minimum absolute atomic E-state index is 0.938. The molecule has 0 aromatic heterocycles. The molecule has 0 atom stereocenters. The molecule has 0 aliphatic carbocycles. The van der Waals surface area contributed by atoms with Gasteiger partial charge >= 0.3 is 47.9 Å². The average Bonchev–Trinajstić information content (AvgIpc) is 1.41. The van der Waals surface area contributed by atoms with Crippen LogP contribution in [0.25, 0.3) is 0 Å². The summed E-state index contributed by atoms with van der Waals surface area (Å²) in [7, 11) is 0. The topological polar surface area (TPSA) is 9.23 Å². The van der Waals surface area contributed by atoms with Crippen molar-refractivity contribution in [3.63, 3.8) is 0 Å². The summed E-state index contributed by atoms with van der Waals surface area (Å²) >= 11 is 1.06. The van der Waals surface area contributed by atoms with Gasteiger partial charge in [0, 0.05) is 0 Å². The maximum atomic E-state index is 4.80. The zero-order valence-corrected chi connectivity index (χ0v) is 6.75. The molecule has 0 aromatic rings. The van der Waals surface area contributed by atoms with Crippen LogP contribution in [-0.2, 0) is 2.81 Å². The Bertz CT molecular complexity index is 14.4. The molecule has 0 fully saturated rings. The molecule has 0 rings (SSSR count). The molecule has 0 N–H and O–H groups in total. The van der Waals surface area contributed by atoms with Crippen LogP contribution in [0.2, 0.25) is 0 Å². The van der Waals surface area contributed by atoms with Gasteiger partial charge in [-0.1, -0.05) is 0 Å². The first kappa shape index (κ1) is 5.84. The van der Waals surface area contributed by atoms with E-state index < -0.39 is 0 Å². The van der Waals surface area contributed by atoms with E-state index in [1.165, 1.54) is 0 Å². The van der Waals surface area contributed by atoms with E-state index in [0.717, 1.165) is 38.2 Å². The Hall–Kier alpha value is 0.843. The molecule has 1 nitrogen and oxygen atoms in total. The van der Waals surface area contributed by atoms with Crippen LogP contribution in [-0.4, -0.2) is 31.8 Å². The van der Waals surface area contributed by atoms with Gasteiger partial charge in [-0.15, -0.1) is 0 Å². The molecule has 0 saturated heterocycles. The van der Waals surface area contributed by atoms with Gasteiger partial charge in [-0.05, 0) is 0 Å². The van der Waals surface area contributed by atoms with Crippen LogP contribution < -0.4 is 0 Å². The van der Waals surface area contributed by atoms with Crippen LogP contribution >= 0.6 is 0 Å². The fourth-order valence-electron chi connectivity index (χ4n) is 0.0913. The summed E-state index contributed by atoms with van der Waals surface area (Å²) in [6.07, 6.45) is 1.15. The predicted molar refractivity (Wildman–Crippen MR) is 22.0 cm³/mol. The molecule has 0 heterocycles. The van der Waals surface area contributed by atoms with Gasteiger partial charge in [0.2, 0.25) is 0 Å². The maximum absolute atomic E-state index is 4.80. The van der Waals surface area contributed by atoms with Crippen molar-refractivity contribution in [1.82, 2.24) is 0 Å². The van der Waals surface area contributed by atoms with Crippen LogP contribution in [0.1, 0.15) is 13.3 Å². The van der Waals surface area contributed by atoms with E-state index in [0.29, 0.717) is 0 Å². The van der Waals surface area contributed by atoms with E-state index in [2.05, 4.69) is 6.92 Å². The van der Waals surface area contributed by atoms with Gasteiger partial charge in [-0.3, -0.25) is 0 Å². The van der Waals surface area contributed by atoms with E-state index in [4.69, 9.17) is 2.81 Å². The molecule has 5 heavy (non-hydrogen) atoms. The van der Waals surface area contributed by atoms with Gasteiger partial charge in [-0.2, -0.15) is 0 Å². The molecule has 0 bridgehead atoms. The molecular weight excluding hydrogens is 261 g/mol. The summed E-state index contributed by atoms with van der Waals surface area (Å²) in [5.41, 5.74) is 0. The van der Waals surface area contributed by atoms with Crippen molar-refractivity contribution < 1.29 is 2.81 Å². The van der Waals surface area contributed by atoms with Crippen LogP contribution in [0, 0.1) is 0 Å². The third kappa shape index (κ3) is 4.84. The number of hydrogen-bond donors (Lipinski definition) is 0. The first-order valence-electron chi connectivity index (χ1n) is 1.68. The predicted octanol–water partition coefficient (Wildman–Crippen LogP) is 0.496. The summed E-state index contributed by atoms with van der Waals surface area (Å²) < 4.78 is 4.80. The number of rotatable bonds is 2. The Balaban J connectivity index is 2.19. The molecule has 2 radical (unpaired) electrons. The van der Waals surface area contributed by atoms with Gasteiger partial charge in [0.1, 0.15) is 0 Å². The SMILES string of the molecule is CCC[O][Bi]. The summed E-state index contributed by atoms with van der Waals surface area (Å²) in [6, 6.07) is 0. The van der Waals surface area contributed by atoms with E-state index >= 15 is 0 Å². The van der Waals surface area contributed by atoms with Crippen molar-refractivity contribution >= 4 is 25.2 Å². The van der Waals surface area contributed by atoms with Gasteiger partial charge in [0.05, 0.1) is 0 Å². The van der Waals surface area contributed by atoms with Gasteiger partial charge in [0.25, 0.3) is 0 Å². The minimum atomic E-state index is 0.938. The van der Waals surface area contributed by atoms with Crippen LogP contribution in [0.15, 0.2) is 0 Å². The van der Waals surface area contributed by atoms with Crippen molar-refractivity contribution in [2.24, 2.45) is 0 Å². The third-order valence-corrected chi connectivity index (χ3v) is 1.01. The van der Waals surface area contributed by atoms with Crippen molar-refractivity contribution in [1.29, 1.82) is 0 Å². The second-order valence-corrected chi connectivity index (χ2v) is 1.84. The molecule has 0 amide bonds. The Morgan fingerprint density at radius 3 is 2.40 bits per heavy atom. The summed E-state index contributed by atoms with van der Waals surface area (Å²) in [5, 5.41) is 0. The molecule has 0 saturated carbocycles. The molecular formula is C3H7BiO. The molecule has 2 heteroatoms. The Kier molecular flexibility index (Phi) is 5.66. The molecule has 30 valence electrons. The van der Waals surface area contributed by atoms with Crippen molar-refractivity contribution in [2.45, 2.75) is 13.3 Å². The van der Waals surface area contributed by atoms with Gasteiger partial charge in [-0.25, -0.2) is 0 Å². The number of hydrogen-bond acceptors (Lipinski definition) is 1. The first-order chi connectivity index (χ1) is 2.41. The van der Waals surface area contributed by atoms with Gasteiger partial charge in [0.15, 0.2) is 0 Å². The monoisotopic (exact) mass is 268 g/mol. The summed E-state index contributed by atoms with van der Waals surface area (Å²) in [6.45, 7) is 3.04. The fraction of sp³-hybridized carbons (Fsp3) is 1.00.